The van der Waals surface area contributed by atoms with Crippen LogP contribution in [0.4, 0.5) is 5.69 Å². The molecule has 0 amide bonds. The van der Waals surface area contributed by atoms with E-state index >= 15 is 0 Å². The predicted octanol–water partition coefficient (Wildman–Crippen LogP) is 3.62. The standard InChI is InChI=1S/C15H20N2S/c1-4-11-17(12-5-2)15(18)16-14-10-8-7-9-13(14)6-3/h4-5,7-10H,1-2,6,11-12H2,3H3,(H,16,18). The highest BCUT2D eigenvalue weighted by Crippen LogP contribution is 2.16. The van der Waals surface area contributed by atoms with E-state index in [2.05, 4.69) is 31.5 Å². The predicted molar refractivity (Wildman–Crippen MR) is 84.0 cm³/mol. The lowest BCUT2D eigenvalue weighted by Gasteiger charge is -2.23. The number of thiocarbonyl (C=S) groups is 1. The summed E-state index contributed by atoms with van der Waals surface area (Å²) in [6, 6.07) is 8.20. The second-order valence-corrected chi connectivity index (χ2v) is 4.31. The van der Waals surface area contributed by atoms with E-state index in [1.807, 2.05) is 35.3 Å². The van der Waals surface area contributed by atoms with E-state index in [-0.39, 0.29) is 0 Å². The van der Waals surface area contributed by atoms with E-state index in [1.165, 1.54) is 5.56 Å². The minimum Gasteiger partial charge on any atom is -0.342 e. The number of hydrogen-bond donors (Lipinski definition) is 1. The van der Waals surface area contributed by atoms with Crippen LogP contribution in [0.1, 0.15) is 12.5 Å². The summed E-state index contributed by atoms with van der Waals surface area (Å²) in [5, 5.41) is 4.00. The Bertz CT molecular complexity index is 416. The van der Waals surface area contributed by atoms with Crippen LogP contribution >= 0.6 is 12.2 Å². The Balaban J connectivity index is 2.78. The molecule has 0 fully saturated rings. The van der Waals surface area contributed by atoms with Crippen molar-refractivity contribution in [3.8, 4) is 0 Å². The molecule has 0 saturated heterocycles. The molecule has 0 aliphatic rings. The molecular formula is C15H20N2S. The molecule has 18 heavy (non-hydrogen) atoms. The summed E-state index contributed by atoms with van der Waals surface area (Å²) in [6.07, 6.45) is 4.65. The van der Waals surface area contributed by atoms with E-state index in [1.54, 1.807) is 0 Å². The van der Waals surface area contributed by atoms with Gasteiger partial charge in [-0.05, 0) is 30.3 Å². The van der Waals surface area contributed by atoms with Crippen molar-refractivity contribution in [1.29, 1.82) is 0 Å². The summed E-state index contributed by atoms with van der Waals surface area (Å²) in [6.45, 7) is 11.0. The Morgan fingerprint density at radius 1 is 1.28 bits per heavy atom. The fourth-order valence-corrected chi connectivity index (χ4v) is 1.96. The van der Waals surface area contributed by atoms with Crippen LogP contribution in [0.3, 0.4) is 0 Å². The van der Waals surface area contributed by atoms with Crippen LogP contribution in [0.15, 0.2) is 49.6 Å². The Labute approximate surface area is 115 Å². The van der Waals surface area contributed by atoms with Crippen LogP contribution in [0.5, 0.6) is 0 Å². The number of aryl methyl sites for hydroxylation is 1. The first-order valence-electron chi connectivity index (χ1n) is 6.08. The van der Waals surface area contributed by atoms with Gasteiger partial charge in [0.2, 0.25) is 0 Å². The first-order chi connectivity index (χ1) is 8.72. The molecule has 3 heteroatoms. The van der Waals surface area contributed by atoms with Crippen LogP contribution in [0, 0.1) is 0 Å². The highest BCUT2D eigenvalue weighted by Gasteiger charge is 2.08. The molecule has 1 N–H and O–H groups in total. The average molecular weight is 260 g/mol. The lowest BCUT2D eigenvalue weighted by atomic mass is 10.1. The van der Waals surface area contributed by atoms with E-state index in [9.17, 15) is 0 Å². The van der Waals surface area contributed by atoms with Crippen LogP contribution < -0.4 is 5.32 Å². The third kappa shape index (κ3) is 4.00. The largest absolute Gasteiger partial charge is 0.342 e. The molecule has 0 saturated carbocycles. The molecule has 1 rings (SSSR count). The van der Waals surface area contributed by atoms with Crippen molar-refractivity contribution in [2.75, 3.05) is 18.4 Å². The highest BCUT2D eigenvalue weighted by molar-refractivity contribution is 7.80. The number of rotatable bonds is 6. The van der Waals surface area contributed by atoms with Crippen LogP contribution in [-0.2, 0) is 6.42 Å². The fourth-order valence-electron chi connectivity index (χ4n) is 1.70. The molecule has 0 spiro atoms. The first kappa shape index (κ1) is 14.5. The highest BCUT2D eigenvalue weighted by atomic mass is 32.1. The molecule has 0 radical (unpaired) electrons. The maximum atomic E-state index is 5.42. The smallest absolute Gasteiger partial charge is 0.173 e. The number of benzene rings is 1. The van der Waals surface area contributed by atoms with Gasteiger partial charge in [0.1, 0.15) is 0 Å². The monoisotopic (exact) mass is 260 g/mol. The van der Waals surface area contributed by atoms with Gasteiger partial charge in [-0.3, -0.25) is 0 Å². The topological polar surface area (TPSA) is 15.3 Å². The third-order valence-electron chi connectivity index (χ3n) is 2.63. The molecule has 0 aliphatic heterocycles. The SMILES string of the molecule is C=CCN(CC=C)C(=S)Nc1ccccc1CC. The van der Waals surface area contributed by atoms with Crippen molar-refractivity contribution in [2.45, 2.75) is 13.3 Å². The zero-order valence-electron chi connectivity index (χ0n) is 10.9. The van der Waals surface area contributed by atoms with Gasteiger partial charge in [-0.25, -0.2) is 0 Å². The number of nitrogens with one attached hydrogen (secondary N) is 1. The minimum absolute atomic E-state index is 0.704. The van der Waals surface area contributed by atoms with Gasteiger partial charge < -0.3 is 10.2 Å². The minimum atomic E-state index is 0.704. The summed E-state index contributed by atoms with van der Waals surface area (Å²) < 4.78 is 0. The van der Waals surface area contributed by atoms with Crippen LogP contribution in [0.2, 0.25) is 0 Å². The van der Waals surface area contributed by atoms with Crippen molar-refractivity contribution < 1.29 is 0 Å². The van der Waals surface area contributed by atoms with Gasteiger partial charge >= 0.3 is 0 Å². The summed E-state index contributed by atoms with van der Waals surface area (Å²) >= 11 is 5.42. The average Bonchev–Trinajstić information content (AvgIpc) is 2.39. The molecule has 0 heterocycles. The van der Waals surface area contributed by atoms with E-state index in [0.29, 0.717) is 18.2 Å². The zero-order valence-corrected chi connectivity index (χ0v) is 11.7. The summed E-state index contributed by atoms with van der Waals surface area (Å²) in [4.78, 5) is 2.02. The fraction of sp³-hybridized carbons (Fsp3) is 0.267. The molecule has 0 atom stereocenters. The lowest BCUT2D eigenvalue weighted by Crippen LogP contribution is -2.35. The van der Waals surface area contributed by atoms with Gasteiger partial charge in [0, 0.05) is 18.8 Å². The summed E-state index contributed by atoms with van der Waals surface area (Å²) in [5.41, 5.74) is 2.33. The number of nitrogens with zero attached hydrogens (tertiary/aromatic N) is 1. The first-order valence-corrected chi connectivity index (χ1v) is 6.49. The zero-order chi connectivity index (χ0) is 13.4. The van der Waals surface area contributed by atoms with Crippen molar-refractivity contribution in [1.82, 2.24) is 4.90 Å². The van der Waals surface area contributed by atoms with Gasteiger partial charge in [0.05, 0.1) is 0 Å². The van der Waals surface area contributed by atoms with Crippen molar-refractivity contribution in [3.63, 3.8) is 0 Å². The molecule has 1 aromatic rings. The maximum absolute atomic E-state index is 5.42. The lowest BCUT2D eigenvalue weighted by molar-refractivity contribution is 0.522. The number of para-hydroxylation sites is 1. The Morgan fingerprint density at radius 2 is 1.89 bits per heavy atom. The normalized spacial score (nSPS) is 9.61. The maximum Gasteiger partial charge on any atom is 0.173 e. The van der Waals surface area contributed by atoms with Crippen molar-refractivity contribution in [2.24, 2.45) is 0 Å². The van der Waals surface area contributed by atoms with Gasteiger partial charge in [0.15, 0.2) is 5.11 Å². The summed E-state index contributed by atoms with van der Waals surface area (Å²) in [7, 11) is 0. The molecule has 1 aromatic carbocycles. The molecule has 0 unspecified atom stereocenters. The number of anilines is 1. The Morgan fingerprint density at radius 3 is 2.44 bits per heavy atom. The molecule has 0 bridgehead atoms. The van der Waals surface area contributed by atoms with Crippen molar-refractivity contribution in [3.05, 3.63) is 55.1 Å². The van der Waals surface area contributed by atoms with E-state index < -0.39 is 0 Å². The molecule has 2 nitrogen and oxygen atoms in total. The van der Waals surface area contributed by atoms with E-state index in [0.717, 1.165) is 12.1 Å². The number of hydrogen-bond acceptors (Lipinski definition) is 1. The molecular weight excluding hydrogens is 240 g/mol. The van der Waals surface area contributed by atoms with E-state index in [4.69, 9.17) is 12.2 Å². The van der Waals surface area contributed by atoms with Crippen LogP contribution in [-0.4, -0.2) is 23.1 Å². The third-order valence-corrected chi connectivity index (χ3v) is 2.99. The van der Waals surface area contributed by atoms with Gasteiger partial charge in [-0.2, -0.15) is 0 Å². The Kier molecular flexibility index (Phi) is 6.15. The second kappa shape index (κ2) is 7.67. The van der Waals surface area contributed by atoms with Gasteiger partial charge in [0.25, 0.3) is 0 Å². The molecule has 0 aliphatic carbocycles. The quantitative estimate of drug-likeness (QED) is 0.621. The second-order valence-electron chi connectivity index (χ2n) is 3.92. The van der Waals surface area contributed by atoms with Crippen molar-refractivity contribution >= 4 is 23.0 Å². The van der Waals surface area contributed by atoms with Gasteiger partial charge in [-0.15, -0.1) is 13.2 Å². The van der Waals surface area contributed by atoms with Gasteiger partial charge in [-0.1, -0.05) is 37.3 Å². The van der Waals surface area contributed by atoms with Crippen LogP contribution in [0.25, 0.3) is 0 Å². The Hall–Kier alpha value is -1.61. The summed E-state index contributed by atoms with van der Waals surface area (Å²) in [5.74, 6) is 0. The molecule has 96 valence electrons. The molecule has 0 aromatic heterocycles.